The Kier molecular flexibility index (Phi) is 7.75. The number of nitrogens with zero attached hydrogens (tertiary/aromatic N) is 1. The van der Waals surface area contributed by atoms with Crippen LogP contribution in [0.15, 0.2) is 41.0 Å². The first-order valence-electron chi connectivity index (χ1n) is 12.6. The third-order valence-corrected chi connectivity index (χ3v) is 7.62. The molecule has 0 saturated carbocycles. The molecule has 3 aliphatic rings. The first-order chi connectivity index (χ1) is 16.8. The van der Waals surface area contributed by atoms with Crippen molar-refractivity contribution in [3.63, 3.8) is 0 Å². The largest absolute Gasteiger partial charge is 0.508 e. The van der Waals surface area contributed by atoms with Gasteiger partial charge in [0.1, 0.15) is 5.75 Å². The van der Waals surface area contributed by atoms with Gasteiger partial charge in [-0.25, -0.2) is 0 Å². The van der Waals surface area contributed by atoms with Gasteiger partial charge in [-0.1, -0.05) is 35.8 Å². The van der Waals surface area contributed by atoms with Crippen molar-refractivity contribution >= 4 is 23.9 Å². The van der Waals surface area contributed by atoms with E-state index < -0.39 is 5.97 Å². The normalized spacial score (nSPS) is 26.3. The van der Waals surface area contributed by atoms with Crippen molar-refractivity contribution in [2.75, 3.05) is 13.2 Å². The molecule has 1 aliphatic carbocycles. The van der Waals surface area contributed by atoms with Crippen LogP contribution in [0.4, 0.5) is 0 Å². The van der Waals surface area contributed by atoms with Gasteiger partial charge in [0, 0.05) is 18.9 Å². The highest BCUT2D eigenvalue weighted by molar-refractivity contribution is 6.05. The van der Waals surface area contributed by atoms with Crippen LogP contribution in [0.3, 0.4) is 0 Å². The second kappa shape index (κ2) is 10.8. The van der Waals surface area contributed by atoms with Gasteiger partial charge in [-0.2, -0.15) is 0 Å². The average molecular weight is 482 g/mol. The van der Waals surface area contributed by atoms with Gasteiger partial charge in [-0.05, 0) is 69.2 Å². The van der Waals surface area contributed by atoms with Gasteiger partial charge in [0.05, 0.1) is 24.5 Å². The van der Waals surface area contributed by atoms with Crippen molar-refractivity contribution in [3.8, 4) is 5.75 Å². The minimum atomic E-state index is -0.819. The number of likely N-dealkylation sites (tertiary alicyclic amines) is 1. The number of phenolic OH excluding ortho intramolecular Hbond substituents is 1. The number of rotatable bonds is 10. The molecule has 35 heavy (non-hydrogen) atoms. The number of fused-ring (bicyclic) bond motifs is 3. The van der Waals surface area contributed by atoms with Gasteiger partial charge in [0.25, 0.3) is 0 Å². The number of carbonyl (C=O) groups excluding carboxylic acids is 2. The second-order valence-corrected chi connectivity index (χ2v) is 10.2. The lowest BCUT2D eigenvalue weighted by Crippen LogP contribution is -2.34. The van der Waals surface area contributed by atoms with E-state index in [1.54, 1.807) is 12.1 Å². The van der Waals surface area contributed by atoms with E-state index in [-0.39, 0.29) is 47.8 Å². The Labute approximate surface area is 206 Å². The van der Waals surface area contributed by atoms with Crippen LogP contribution in [0.25, 0.3) is 6.08 Å². The Balaban J connectivity index is 1.37. The molecule has 1 aromatic carbocycles. The topological polar surface area (TPSA) is 104 Å². The molecule has 2 amide bonds. The lowest BCUT2D eigenvalue weighted by molar-refractivity contribution is -0.141. The number of ether oxygens (including phenoxy) is 1. The number of aromatic hydroxyl groups is 1. The Hall–Kier alpha value is -2.93. The number of phenols is 1. The Morgan fingerprint density at radius 2 is 1.83 bits per heavy atom. The number of hydrogen-bond acceptors (Lipinski definition) is 5. The summed E-state index contributed by atoms with van der Waals surface area (Å²) in [5.74, 6) is -1.39. The third-order valence-electron chi connectivity index (χ3n) is 7.62. The first-order valence-corrected chi connectivity index (χ1v) is 12.6. The van der Waals surface area contributed by atoms with Crippen LogP contribution >= 0.6 is 0 Å². The van der Waals surface area contributed by atoms with Gasteiger partial charge >= 0.3 is 5.97 Å². The highest BCUT2D eigenvalue weighted by atomic mass is 16.5. The van der Waals surface area contributed by atoms with E-state index in [9.17, 15) is 19.5 Å². The first kappa shape index (κ1) is 25.2. The zero-order chi connectivity index (χ0) is 25.1. The monoisotopic (exact) mass is 481 g/mol. The fourth-order valence-electron chi connectivity index (χ4n) is 5.92. The third kappa shape index (κ3) is 5.50. The van der Waals surface area contributed by atoms with Crippen LogP contribution in [0.2, 0.25) is 0 Å². The number of hydrogen-bond donors (Lipinski definition) is 2. The summed E-state index contributed by atoms with van der Waals surface area (Å²) in [5.41, 5.74) is 4.66. The van der Waals surface area contributed by atoms with E-state index in [0.717, 1.165) is 18.4 Å². The molecule has 188 valence electrons. The summed E-state index contributed by atoms with van der Waals surface area (Å²) >= 11 is 0. The molecule has 7 nitrogen and oxygen atoms in total. The summed E-state index contributed by atoms with van der Waals surface area (Å²) < 4.78 is 6.19. The summed E-state index contributed by atoms with van der Waals surface area (Å²) in [5, 5.41) is 18.2. The molecule has 0 radical (unpaired) electrons. The average Bonchev–Trinajstić information content (AvgIpc) is 3.34. The predicted molar refractivity (Wildman–Crippen MR) is 131 cm³/mol. The molecule has 2 saturated heterocycles. The molecule has 0 aromatic heterocycles. The van der Waals surface area contributed by atoms with Gasteiger partial charge in [0.15, 0.2) is 0 Å². The van der Waals surface area contributed by atoms with Crippen molar-refractivity contribution in [3.05, 3.63) is 46.5 Å². The number of carboxylic acid groups (broad SMARTS) is 1. The fraction of sp³-hybridized carbons (Fsp3) is 0.536. The SMILES string of the molecule is CC1=C2[C@@H](CC/C(C)=C/c3ccc(O)cc3)OC[C@@H]2[C@@H]2C(=O)N(CCCCCC(=O)O)C(=O)[C@@H]2C1. The molecule has 0 unspecified atom stereocenters. The van der Waals surface area contributed by atoms with Crippen molar-refractivity contribution in [2.45, 2.75) is 64.9 Å². The number of imide groups is 1. The summed E-state index contributed by atoms with van der Waals surface area (Å²) in [6.45, 7) is 5.01. The molecule has 4 rings (SSSR count). The van der Waals surface area contributed by atoms with Gasteiger partial charge in [0.2, 0.25) is 11.8 Å². The van der Waals surface area contributed by atoms with Crippen LogP contribution in [-0.4, -0.2) is 52.2 Å². The quantitative estimate of drug-likeness (QED) is 0.288. The zero-order valence-corrected chi connectivity index (χ0v) is 20.5. The summed E-state index contributed by atoms with van der Waals surface area (Å²) in [7, 11) is 0. The maximum atomic E-state index is 13.3. The molecule has 1 aromatic rings. The van der Waals surface area contributed by atoms with E-state index in [2.05, 4.69) is 19.9 Å². The fourth-order valence-corrected chi connectivity index (χ4v) is 5.92. The van der Waals surface area contributed by atoms with Crippen LogP contribution in [0.5, 0.6) is 5.75 Å². The Bertz CT molecular complexity index is 1040. The van der Waals surface area contributed by atoms with E-state index in [1.807, 2.05) is 12.1 Å². The molecule has 2 fully saturated rings. The molecule has 0 spiro atoms. The van der Waals surface area contributed by atoms with Crippen LogP contribution in [-0.2, 0) is 19.1 Å². The number of carboxylic acids is 1. The van der Waals surface area contributed by atoms with E-state index in [1.165, 1.54) is 21.6 Å². The van der Waals surface area contributed by atoms with E-state index in [0.29, 0.717) is 38.8 Å². The minimum Gasteiger partial charge on any atom is -0.508 e. The number of unbranched alkanes of at least 4 members (excludes halogenated alkanes) is 2. The van der Waals surface area contributed by atoms with E-state index in [4.69, 9.17) is 9.84 Å². The van der Waals surface area contributed by atoms with Crippen molar-refractivity contribution in [2.24, 2.45) is 17.8 Å². The number of allylic oxidation sites excluding steroid dienone is 2. The maximum Gasteiger partial charge on any atom is 0.303 e. The molecule has 7 heteroatoms. The Morgan fingerprint density at radius 3 is 2.54 bits per heavy atom. The summed E-state index contributed by atoms with van der Waals surface area (Å²) in [4.78, 5) is 38.5. The van der Waals surface area contributed by atoms with Gasteiger partial charge in [-0.3, -0.25) is 19.3 Å². The van der Waals surface area contributed by atoms with Crippen LogP contribution in [0, 0.1) is 17.8 Å². The van der Waals surface area contributed by atoms with Crippen LogP contribution in [0.1, 0.15) is 64.4 Å². The molecule has 0 bridgehead atoms. The smallest absolute Gasteiger partial charge is 0.303 e. The molecule has 2 aliphatic heterocycles. The lowest BCUT2D eigenvalue weighted by Gasteiger charge is -2.30. The van der Waals surface area contributed by atoms with E-state index >= 15 is 0 Å². The van der Waals surface area contributed by atoms with Crippen molar-refractivity contribution in [1.82, 2.24) is 4.90 Å². The molecular formula is C28H35NO6. The van der Waals surface area contributed by atoms with Gasteiger partial charge in [-0.15, -0.1) is 0 Å². The van der Waals surface area contributed by atoms with Crippen LogP contribution < -0.4 is 0 Å². The number of amides is 2. The minimum absolute atomic E-state index is 0.0305. The lowest BCUT2D eigenvalue weighted by atomic mass is 9.70. The summed E-state index contributed by atoms with van der Waals surface area (Å²) in [6.07, 6.45) is 6.38. The maximum absolute atomic E-state index is 13.3. The zero-order valence-electron chi connectivity index (χ0n) is 20.5. The summed E-state index contributed by atoms with van der Waals surface area (Å²) in [6, 6.07) is 7.12. The number of benzene rings is 1. The highest BCUT2D eigenvalue weighted by Crippen LogP contribution is 2.49. The molecule has 4 atom stereocenters. The molecule has 2 heterocycles. The molecular weight excluding hydrogens is 446 g/mol. The Morgan fingerprint density at radius 1 is 1.09 bits per heavy atom. The number of aliphatic carboxylic acids is 1. The standard InChI is InChI=1S/C28H35NO6/c1-17(14-19-8-10-20(30)11-9-19)7-12-23-25-18(2)15-21-26(22(25)16-35-23)28(34)29(27(21)33)13-5-3-4-6-24(31)32/h8-11,14,21-23,26,30H,3-7,12-13,15-16H2,1-2H3,(H,31,32)/b17-14+/t21-,22+,23-,26-/m1/s1. The van der Waals surface area contributed by atoms with Gasteiger partial charge < -0.3 is 14.9 Å². The van der Waals surface area contributed by atoms with Crippen molar-refractivity contribution < 1.29 is 29.3 Å². The second-order valence-electron chi connectivity index (χ2n) is 10.2. The molecule has 2 N–H and O–H groups in total. The highest BCUT2D eigenvalue weighted by Gasteiger charge is 2.56. The van der Waals surface area contributed by atoms with Crippen molar-refractivity contribution in [1.29, 1.82) is 0 Å². The number of carbonyl (C=O) groups is 3. The predicted octanol–water partition coefficient (Wildman–Crippen LogP) is 4.56.